The largest absolute Gasteiger partial charge is 0.472 e. The second-order valence-electron chi connectivity index (χ2n) is 16.8. The summed E-state index contributed by atoms with van der Waals surface area (Å²) < 4.78 is 49.4. The summed E-state index contributed by atoms with van der Waals surface area (Å²) in [6.07, 6.45) is 22.8. The number of rotatable bonds is 40. The molecule has 1 rings (SSSR count). The van der Waals surface area contributed by atoms with E-state index in [0.29, 0.717) is 12.8 Å². The van der Waals surface area contributed by atoms with Crippen molar-refractivity contribution in [2.75, 3.05) is 13.2 Å². The van der Waals surface area contributed by atoms with Crippen LogP contribution in [-0.4, -0.2) is 103 Å². The number of ether oxygens (including phenoxy) is 2. The number of aliphatic hydroxyl groups excluding tert-OH is 4. The lowest BCUT2D eigenvalue weighted by molar-refractivity contribution is -0.216. The number of hydrogen-bond acceptors (Lipinski definition) is 13. The van der Waals surface area contributed by atoms with Gasteiger partial charge in [-0.3, -0.25) is 23.2 Å². The first-order chi connectivity index (χ1) is 30.1. The molecule has 0 bridgehead atoms. The van der Waals surface area contributed by atoms with Crippen LogP contribution in [0, 0.1) is 0 Å². The van der Waals surface area contributed by atoms with Crippen molar-refractivity contribution in [1.82, 2.24) is 0 Å². The van der Waals surface area contributed by atoms with Crippen LogP contribution in [-0.2, 0) is 41.8 Å². The monoisotopic (exact) mass is 943 g/mol. The SMILES string of the molecule is CCCCCC=CCC=CCCCCCCCC(=O)O[C@H](COC(=O)CCCCCCCCCCCCCCCCC)COP(=O)(O)O[C@H]1C(O)C(O)C(O)[C@@H](OP(=O)(O)O)C1O. The first-order valence-electron chi connectivity index (χ1n) is 23.9. The molecule has 0 spiro atoms. The van der Waals surface area contributed by atoms with E-state index < -0.39 is 83.5 Å². The number of esters is 2. The molecule has 0 radical (unpaired) electrons. The zero-order chi connectivity index (χ0) is 46.8. The van der Waals surface area contributed by atoms with E-state index in [9.17, 15) is 44.0 Å². The van der Waals surface area contributed by atoms with Crippen molar-refractivity contribution in [1.29, 1.82) is 0 Å². The van der Waals surface area contributed by atoms with E-state index in [1.807, 2.05) is 0 Å². The summed E-state index contributed by atoms with van der Waals surface area (Å²) in [5, 5.41) is 41.2. The van der Waals surface area contributed by atoms with Crippen LogP contribution in [0.25, 0.3) is 0 Å². The van der Waals surface area contributed by atoms with Crippen molar-refractivity contribution in [3.63, 3.8) is 0 Å². The Hall–Kier alpha value is -1.52. The van der Waals surface area contributed by atoms with Gasteiger partial charge in [-0.15, -0.1) is 0 Å². The number of phosphoric ester groups is 2. The predicted molar refractivity (Wildman–Crippen MR) is 241 cm³/mol. The highest BCUT2D eigenvalue weighted by molar-refractivity contribution is 7.47. The predicted octanol–water partition coefficient (Wildman–Crippen LogP) is 8.95. The van der Waals surface area contributed by atoms with E-state index in [1.54, 1.807) is 0 Å². The Morgan fingerprint density at radius 2 is 0.921 bits per heavy atom. The second kappa shape index (κ2) is 36.6. The van der Waals surface area contributed by atoms with E-state index >= 15 is 0 Å². The van der Waals surface area contributed by atoms with Gasteiger partial charge >= 0.3 is 27.6 Å². The molecular formula is C45H84O16P2. The molecular weight excluding hydrogens is 858 g/mol. The second-order valence-corrected chi connectivity index (χ2v) is 19.4. The molecule has 1 saturated carbocycles. The number of hydrogen-bond donors (Lipinski definition) is 7. The fraction of sp³-hybridized carbons (Fsp3) is 0.867. The number of phosphoric acid groups is 2. The molecule has 1 aliphatic rings. The topological polar surface area (TPSA) is 256 Å². The van der Waals surface area contributed by atoms with E-state index in [2.05, 4.69) is 42.7 Å². The third-order valence-corrected chi connectivity index (χ3v) is 12.5. The van der Waals surface area contributed by atoms with Gasteiger partial charge in [0.1, 0.15) is 43.2 Å². The maximum Gasteiger partial charge on any atom is 0.472 e. The van der Waals surface area contributed by atoms with Crippen LogP contribution in [0.1, 0.15) is 194 Å². The Bertz CT molecular complexity index is 1330. The van der Waals surface area contributed by atoms with Crippen LogP contribution in [0.4, 0.5) is 0 Å². The Morgan fingerprint density at radius 1 is 0.508 bits per heavy atom. The third kappa shape index (κ3) is 31.2. The van der Waals surface area contributed by atoms with Gasteiger partial charge in [0, 0.05) is 12.8 Å². The van der Waals surface area contributed by atoms with Crippen LogP contribution >= 0.6 is 15.6 Å². The number of carbonyl (C=O) groups is 2. The minimum atomic E-state index is -5.36. The van der Waals surface area contributed by atoms with Gasteiger partial charge in [0.2, 0.25) is 0 Å². The van der Waals surface area contributed by atoms with Gasteiger partial charge in [-0.1, -0.05) is 160 Å². The highest BCUT2D eigenvalue weighted by Gasteiger charge is 2.54. The average Bonchev–Trinajstić information content (AvgIpc) is 3.23. The summed E-state index contributed by atoms with van der Waals surface area (Å²) in [6.45, 7) is 3.08. The quantitative estimate of drug-likeness (QED) is 0.0131. The molecule has 0 heterocycles. The van der Waals surface area contributed by atoms with Crippen molar-refractivity contribution in [2.45, 2.75) is 236 Å². The summed E-state index contributed by atoms with van der Waals surface area (Å²) in [7, 11) is -10.7. The van der Waals surface area contributed by atoms with Gasteiger partial charge in [0.25, 0.3) is 0 Å². The first kappa shape index (κ1) is 59.5. The zero-order valence-electron chi connectivity index (χ0n) is 38.3. The highest BCUT2D eigenvalue weighted by Crippen LogP contribution is 2.49. The zero-order valence-corrected chi connectivity index (χ0v) is 40.1. The smallest absolute Gasteiger partial charge is 0.462 e. The van der Waals surface area contributed by atoms with Crippen LogP contribution in [0.5, 0.6) is 0 Å². The van der Waals surface area contributed by atoms with Crippen LogP contribution < -0.4 is 0 Å². The Balaban J connectivity index is 2.59. The molecule has 1 fully saturated rings. The molecule has 0 aliphatic heterocycles. The van der Waals surface area contributed by atoms with Crippen LogP contribution in [0.2, 0.25) is 0 Å². The number of aliphatic hydroxyl groups is 4. The molecule has 1 aliphatic carbocycles. The lowest BCUT2D eigenvalue weighted by Gasteiger charge is -2.43. The number of allylic oxidation sites excluding steroid dienone is 4. The molecule has 18 heteroatoms. The number of unbranched alkanes of at least 4 members (excludes halogenated alkanes) is 22. The van der Waals surface area contributed by atoms with Crippen molar-refractivity contribution < 1.29 is 76.9 Å². The molecule has 0 aromatic rings. The van der Waals surface area contributed by atoms with Crippen LogP contribution in [0.3, 0.4) is 0 Å². The molecule has 7 N–H and O–H groups in total. The van der Waals surface area contributed by atoms with Gasteiger partial charge in [-0.25, -0.2) is 9.13 Å². The molecule has 0 amide bonds. The van der Waals surface area contributed by atoms with Gasteiger partial charge in [-0.2, -0.15) is 0 Å². The Morgan fingerprint density at radius 3 is 1.41 bits per heavy atom. The third-order valence-electron chi connectivity index (χ3n) is 11.0. The average molecular weight is 943 g/mol. The normalized spacial score (nSPS) is 22.1. The Labute approximate surface area is 377 Å². The van der Waals surface area contributed by atoms with E-state index in [1.165, 1.54) is 83.5 Å². The van der Waals surface area contributed by atoms with E-state index in [4.69, 9.17) is 28.3 Å². The summed E-state index contributed by atoms with van der Waals surface area (Å²) in [4.78, 5) is 54.2. The molecule has 5 unspecified atom stereocenters. The van der Waals surface area contributed by atoms with E-state index in [-0.39, 0.29) is 12.8 Å². The fourth-order valence-electron chi connectivity index (χ4n) is 7.29. The lowest BCUT2D eigenvalue weighted by atomic mass is 9.85. The number of carbonyl (C=O) groups excluding carboxylic acids is 2. The van der Waals surface area contributed by atoms with Crippen molar-refractivity contribution in [3.05, 3.63) is 24.3 Å². The molecule has 63 heavy (non-hydrogen) atoms. The highest BCUT2D eigenvalue weighted by atomic mass is 31.2. The minimum absolute atomic E-state index is 0.0307. The van der Waals surface area contributed by atoms with Crippen molar-refractivity contribution in [3.8, 4) is 0 Å². The molecule has 0 aromatic carbocycles. The van der Waals surface area contributed by atoms with Gasteiger partial charge in [0.05, 0.1) is 6.61 Å². The first-order valence-corrected chi connectivity index (χ1v) is 26.9. The minimum Gasteiger partial charge on any atom is -0.462 e. The van der Waals surface area contributed by atoms with Crippen molar-refractivity contribution in [2.24, 2.45) is 0 Å². The van der Waals surface area contributed by atoms with Crippen LogP contribution in [0.15, 0.2) is 24.3 Å². The van der Waals surface area contributed by atoms with Gasteiger partial charge in [-0.05, 0) is 44.9 Å². The fourth-order valence-corrected chi connectivity index (χ4v) is 8.83. The maximum absolute atomic E-state index is 13.0. The summed E-state index contributed by atoms with van der Waals surface area (Å²) in [5.41, 5.74) is 0. The molecule has 370 valence electrons. The van der Waals surface area contributed by atoms with E-state index in [0.717, 1.165) is 70.6 Å². The van der Waals surface area contributed by atoms with Gasteiger partial charge in [0.15, 0.2) is 6.10 Å². The molecule has 0 saturated heterocycles. The molecule has 8 atom stereocenters. The summed E-state index contributed by atoms with van der Waals surface area (Å²) in [6, 6.07) is 0. The lowest BCUT2D eigenvalue weighted by Crippen LogP contribution is -2.64. The molecule has 0 aromatic heterocycles. The van der Waals surface area contributed by atoms with Gasteiger partial charge < -0.3 is 44.6 Å². The molecule has 16 nitrogen and oxygen atoms in total. The standard InChI is InChI=1S/C45H84O16P2/c1-3-5-7-9-11-13-15-17-19-21-23-25-27-29-31-33-38(46)57-35-37(59-39(47)34-32-30-28-26-24-22-20-18-16-14-12-10-8-6-4-2)36-58-63(55,56)61-45-42(50)40(48)41(49)44(43(45)51)60-62(52,53)54/h12,14,18,20,37,40-45,48-51H,3-11,13,15-17,19,21-36H2,1-2H3,(H,55,56)(H2,52,53,54)/t37-,40?,41?,42?,43?,44-,45+/m1/s1. The Kier molecular flexibility index (Phi) is 34.5. The van der Waals surface area contributed by atoms with Crippen molar-refractivity contribution >= 4 is 27.6 Å². The summed E-state index contributed by atoms with van der Waals surface area (Å²) in [5.74, 6) is -1.21. The maximum atomic E-state index is 13.0. The summed E-state index contributed by atoms with van der Waals surface area (Å²) >= 11 is 0.